The number of halogens is 4. The largest absolute Gasteiger partial charge is 0.573 e. The molecule has 1 aromatic heterocycles. The minimum Gasteiger partial charge on any atom is -0.403 e. The third-order valence-corrected chi connectivity index (χ3v) is 2.76. The molecule has 1 heterocycles. The number of hydrogen-bond donors (Lipinski definition) is 1. The van der Waals surface area contributed by atoms with Gasteiger partial charge in [-0.15, -0.1) is 13.2 Å². The third kappa shape index (κ3) is 3.38. The van der Waals surface area contributed by atoms with Gasteiger partial charge in [-0.1, -0.05) is 0 Å². The summed E-state index contributed by atoms with van der Waals surface area (Å²) in [5, 5.41) is 7.60. The van der Waals surface area contributed by atoms with E-state index in [0.29, 0.717) is 6.07 Å². The van der Waals surface area contributed by atoms with Gasteiger partial charge in [0.25, 0.3) is 9.05 Å². The molecule has 0 saturated heterocycles. The molecule has 0 bridgehead atoms. The van der Waals surface area contributed by atoms with Gasteiger partial charge < -0.3 is 10.5 Å². The summed E-state index contributed by atoms with van der Waals surface area (Å²) in [6.45, 7) is 0. The van der Waals surface area contributed by atoms with E-state index in [2.05, 4.69) is 9.72 Å². The zero-order valence-corrected chi connectivity index (χ0v) is 9.77. The Hall–Kier alpha value is -1.73. The number of pyridine rings is 1. The summed E-state index contributed by atoms with van der Waals surface area (Å²) in [7, 11) is 0.483. The molecule has 2 N–H and O–H groups in total. The molecule has 0 amide bonds. The summed E-state index contributed by atoms with van der Waals surface area (Å²) in [6.07, 6.45) is -5.10. The van der Waals surface area contributed by atoms with E-state index in [9.17, 15) is 21.6 Å². The Morgan fingerprint density at radius 2 is 2.06 bits per heavy atom. The summed E-state index contributed by atoms with van der Waals surface area (Å²) < 4.78 is 61.4. The minimum atomic E-state index is -5.10. The van der Waals surface area contributed by atoms with Crippen molar-refractivity contribution in [2.24, 2.45) is 0 Å². The van der Waals surface area contributed by atoms with Gasteiger partial charge in [-0.05, 0) is 0 Å². The lowest BCUT2D eigenvalue weighted by molar-refractivity contribution is -0.274. The number of nitriles is 1. The molecule has 1 aromatic rings. The lowest BCUT2D eigenvalue weighted by Crippen LogP contribution is -2.19. The van der Waals surface area contributed by atoms with Crippen LogP contribution in [0.15, 0.2) is 11.1 Å². The fourth-order valence-corrected chi connectivity index (χ4v) is 1.61. The quantitative estimate of drug-likeness (QED) is 0.827. The van der Waals surface area contributed by atoms with E-state index < -0.39 is 37.6 Å². The van der Waals surface area contributed by atoms with Gasteiger partial charge in [0.15, 0.2) is 16.5 Å². The van der Waals surface area contributed by atoms with Crippen LogP contribution in [0.4, 0.5) is 18.9 Å². The number of aromatic nitrogens is 1. The van der Waals surface area contributed by atoms with Crippen molar-refractivity contribution in [1.29, 1.82) is 5.26 Å². The van der Waals surface area contributed by atoms with Crippen molar-refractivity contribution in [1.82, 2.24) is 4.98 Å². The van der Waals surface area contributed by atoms with Crippen LogP contribution >= 0.6 is 10.7 Å². The SMILES string of the molecule is N#Cc1nc(S(=O)(=O)Cl)cc(OC(F)(F)F)c1N. The molecule has 0 spiro atoms. The van der Waals surface area contributed by atoms with E-state index in [4.69, 9.17) is 21.7 Å². The van der Waals surface area contributed by atoms with Crippen LogP contribution in [0.3, 0.4) is 0 Å². The van der Waals surface area contributed by atoms with Gasteiger partial charge in [-0.25, -0.2) is 13.4 Å². The second-order valence-electron chi connectivity index (χ2n) is 2.82. The van der Waals surface area contributed by atoms with Gasteiger partial charge in [-0.3, -0.25) is 0 Å². The van der Waals surface area contributed by atoms with Crippen LogP contribution in [0.1, 0.15) is 5.69 Å². The molecular formula is C7H3ClF3N3O3S. The van der Waals surface area contributed by atoms with E-state index in [0.717, 1.165) is 0 Å². The Kier molecular flexibility index (Phi) is 3.59. The standard InChI is InChI=1S/C7H3ClF3N3O3S/c8-18(15,16)5-1-4(17-7(9,10)11)6(13)3(2-12)14-5/h1H,13H2. The fourth-order valence-electron chi connectivity index (χ4n) is 0.929. The maximum absolute atomic E-state index is 12.0. The lowest BCUT2D eigenvalue weighted by Gasteiger charge is -2.12. The molecule has 6 nitrogen and oxygen atoms in total. The van der Waals surface area contributed by atoms with E-state index >= 15 is 0 Å². The van der Waals surface area contributed by atoms with Crippen molar-refractivity contribution in [3.8, 4) is 11.8 Å². The van der Waals surface area contributed by atoms with Gasteiger partial charge >= 0.3 is 6.36 Å². The highest BCUT2D eigenvalue weighted by molar-refractivity contribution is 8.13. The summed E-state index contributed by atoms with van der Waals surface area (Å²) in [4.78, 5) is 3.20. The van der Waals surface area contributed by atoms with E-state index in [1.165, 1.54) is 6.07 Å². The summed E-state index contributed by atoms with van der Waals surface area (Å²) in [5.41, 5.74) is 3.69. The number of nitrogen functional groups attached to an aromatic ring is 1. The highest BCUT2D eigenvalue weighted by Crippen LogP contribution is 2.32. The first-order valence-corrected chi connectivity index (χ1v) is 6.26. The number of rotatable bonds is 2. The molecule has 0 saturated carbocycles. The van der Waals surface area contributed by atoms with Crippen molar-refractivity contribution in [3.63, 3.8) is 0 Å². The van der Waals surface area contributed by atoms with Gasteiger partial charge in [0.2, 0.25) is 0 Å². The number of alkyl halides is 3. The number of hydrogen-bond acceptors (Lipinski definition) is 6. The van der Waals surface area contributed by atoms with Crippen LogP contribution < -0.4 is 10.5 Å². The van der Waals surface area contributed by atoms with Gasteiger partial charge in [0.05, 0.1) is 0 Å². The highest BCUT2D eigenvalue weighted by Gasteiger charge is 2.33. The van der Waals surface area contributed by atoms with Crippen LogP contribution in [-0.4, -0.2) is 19.8 Å². The predicted octanol–water partition coefficient (Wildman–Crippen LogP) is 1.36. The molecule has 18 heavy (non-hydrogen) atoms. The molecule has 0 aliphatic rings. The van der Waals surface area contributed by atoms with Crippen molar-refractivity contribution in [2.75, 3.05) is 5.73 Å². The predicted molar refractivity (Wildman–Crippen MR) is 53.1 cm³/mol. The summed E-state index contributed by atoms with van der Waals surface area (Å²) in [6, 6.07) is 1.71. The van der Waals surface area contributed by atoms with Gasteiger partial charge in [0, 0.05) is 16.7 Å². The lowest BCUT2D eigenvalue weighted by atomic mass is 10.3. The Bertz CT molecular complexity index is 623. The Morgan fingerprint density at radius 1 is 1.50 bits per heavy atom. The molecule has 0 atom stereocenters. The van der Waals surface area contributed by atoms with Crippen molar-refractivity contribution in [2.45, 2.75) is 11.4 Å². The maximum Gasteiger partial charge on any atom is 0.573 e. The number of nitrogens with zero attached hydrogens (tertiary/aromatic N) is 2. The average molecular weight is 302 g/mol. The van der Waals surface area contributed by atoms with E-state index in [1.54, 1.807) is 0 Å². The molecule has 0 aliphatic carbocycles. The molecule has 0 aromatic carbocycles. The normalized spacial score (nSPS) is 11.9. The molecule has 11 heteroatoms. The average Bonchev–Trinajstić information content (AvgIpc) is 2.17. The molecule has 0 unspecified atom stereocenters. The molecular weight excluding hydrogens is 299 g/mol. The Morgan fingerprint density at radius 3 is 2.44 bits per heavy atom. The zero-order valence-electron chi connectivity index (χ0n) is 8.19. The van der Waals surface area contributed by atoms with Crippen LogP contribution in [0, 0.1) is 11.3 Å². The molecule has 0 aliphatic heterocycles. The van der Waals surface area contributed by atoms with Crippen LogP contribution in [-0.2, 0) is 9.05 Å². The van der Waals surface area contributed by atoms with Crippen LogP contribution in [0.2, 0.25) is 0 Å². The first kappa shape index (κ1) is 14.3. The van der Waals surface area contributed by atoms with Crippen LogP contribution in [0.25, 0.3) is 0 Å². The number of ether oxygens (including phenoxy) is 1. The molecule has 98 valence electrons. The van der Waals surface area contributed by atoms with Crippen molar-refractivity contribution < 1.29 is 26.3 Å². The fraction of sp³-hybridized carbons (Fsp3) is 0.143. The second kappa shape index (κ2) is 4.51. The van der Waals surface area contributed by atoms with Crippen LogP contribution in [0.5, 0.6) is 5.75 Å². The van der Waals surface area contributed by atoms with Gasteiger partial charge in [0.1, 0.15) is 11.8 Å². The maximum atomic E-state index is 12.0. The van der Waals surface area contributed by atoms with E-state index in [1.807, 2.05) is 0 Å². The van der Waals surface area contributed by atoms with Crippen molar-refractivity contribution >= 4 is 25.4 Å². The minimum absolute atomic E-state index is 0.381. The molecule has 0 fully saturated rings. The topological polar surface area (TPSA) is 106 Å². The molecule has 1 rings (SSSR count). The second-order valence-corrected chi connectivity index (χ2v) is 5.33. The summed E-state index contributed by atoms with van der Waals surface area (Å²) >= 11 is 0. The summed E-state index contributed by atoms with van der Waals surface area (Å²) in [5.74, 6) is -1.06. The van der Waals surface area contributed by atoms with Gasteiger partial charge in [-0.2, -0.15) is 5.26 Å². The van der Waals surface area contributed by atoms with E-state index in [-0.39, 0.29) is 0 Å². The van der Waals surface area contributed by atoms with Crippen molar-refractivity contribution in [3.05, 3.63) is 11.8 Å². The monoisotopic (exact) mass is 301 g/mol. The first-order valence-electron chi connectivity index (χ1n) is 3.95. The third-order valence-electron chi connectivity index (χ3n) is 1.58. The Labute approximate surface area is 103 Å². The highest BCUT2D eigenvalue weighted by atomic mass is 35.7. The molecule has 0 radical (unpaired) electrons. The zero-order chi connectivity index (χ0) is 14.1. The Balaban J connectivity index is 3.48. The number of nitrogens with two attached hydrogens (primary N) is 1. The smallest absolute Gasteiger partial charge is 0.403 e. The first-order chi connectivity index (χ1) is 8.04. The number of anilines is 1.